The van der Waals surface area contributed by atoms with E-state index >= 15 is 0 Å². The van der Waals surface area contributed by atoms with Crippen molar-refractivity contribution in [3.05, 3.63) is 102 Å². The first-order chi connectivity index (χ1) is 22.5. The van der Waals surface area contributed by atoms with Crippen molar-refractivity contribution >= 4 is 45.9 Å². The van der Waals surface area contributed by atoms with Crippen LogP contribution in [0, 0.1) is 0 Å². The molecule has 11 heteroatoms. The fraction of sp³-hybridized carbons (Fsp3) is 0.222. The van der Waals surface area contributed by atoms with Gasteiger partial charge >= 0.3 is 12.1 Å². The van der Waals surface area contributed by atoms with E-state index in [0.717, 1.165) is 21.9 Å². The third-order valence-corrected chi connectivity index (χ3v) is 7.45. The summed E-state index contributed by atoms with van der Waals surface area (Å²) in [7, 11) is 2.74. The molecule has 0 aliphatic heterocycles. The molecule has 0 unspecified atom stereocenters. The van der Waals surface area contributed by atoms with Crippen LogP contribution in [0.5, 0.6) is 17.4 Å². The first-order valence-corrected chi connectivity index (χ1v) is 15.1. The predicted octanol–water partition coefficient (Wildman–Crippen LogP) is 8.72. The number of hydrogen-bond donors (Lipinski definition) is 4. The molecular formula is C36H38N6O5. The molecule has 47 heavy (non-hydrogen) atoms. The lowest BCUT2D eigenvalue weighted by atomic mass is 9.86. The SMILES string of the molecule is COC(=O)Nc1cc(C(C)(C)C)cc(NC(=O)Nc2ccc(Oc3ccnc(N[C@H](C)c4ccccc4)n3)c3ccccc23)c1OC. The molecule has 4 aromatic carbocycles. The minimum absolute atomic E-state index is 0.00427. The molecule has 0 saturated heterocycles. The molecule has 1 heterocycles. The summed E-state index contributed by atoms with van der Waals surface area (Å²) in [6, 6.07) is 26.0. The van der Waals surface area contributed by atoms with Crippen molar-refractivity contribution < 1.29 is 23.8 Å². The number of rotatable bonds is 9. The Kier molecular flexibility index (Phi) is 9.74. The van der Waals surface area contributed by atoms with Crippen molar-refractivity contribution in [2.45, 2.75) is 39.2 Å². The van der Waals surface area contributed by atoms with Crippen molar-refractivity contribution in [1.29, 1.82) is 0 Å². The second-order valence-corrected chi connectivity index (χ2v) is 11.8. The number of ether oxygens (including phenoxy) is 3. The van der Waals surface area contributed by atoms with E-state index in [2.05, 4.69) is 31.2 Å². The van der Waals surface area contributed by atoms with E-state index in [1.807, 2.05) is 88.4 Å². The molecule has 11 nitrogen and oxygen atoms in total. The first kappa shape index (κ1) is 32.6. The van der Waals surface area contributed by atoms with Crippen LogP contribution in [0.25, 0.3) is 10.8 Å². The number of urea groups is 1. The van der Waals surface area contributed by atoms with Crippen LogP contribution >= 0.6 is 0 Å². The topological polar surface area (TPSA) is 136 Å². The van der Waals surface area contributed by atoms with Gasteiger partial charge in [0, 0.05) is 23.0 Å². The lowest BCUT2D eigenvalue weighted by Crippen LogP contribution is -2.22. The molecule has 0 aliphatic rings. The van der Waals surface area contributed by atoms with Crippen LogP contribution in [0.1, 0.15) is 44.9 Å². The Bertz CT molecular complexity index is 1890. The zero-order chi connectivity index (χ0) is 33.6. The highest BCUT2D eigenvalue weighted by molar-refractivity contribution is 6.08. The van der Waals surface area contributed by atoms with Gasteiger partial charge in [0.15, 0.2) is 5.75 Å². The molecule has 5 rings (SSSR count). The summed E-state index contributed by atoms with van der Waals surface area (Å²) >= 11 is 0. The number of aromatic nitrogens is 2. The molecule has 0 fully saturated rings. The number of nitrogens with zero attached hydrogens (tertiary/aromatic N) is 2. The lowest BCUT2D eigenvalue weighted by molar-refractivity contribution is 0.187. The molecule has 0 bridgehead atoms. The van der Waals surface area contributed by atoms with Crippen molar-refractivity contribution in [3.8, 4) is 17.4 Å². The van der Waals surface area contributed by atoms with Gasteiger partial charge in [-0.3, -0.25) is 5.32 Å². The molecule has 3 amide bonds. The maximum absolute atomic E-state index is 13.4. The predicted molar refractivity (Wildman–Crippen MR) is 185 cm³/mol. The number of amides is 3. The maximum atomic E-state index is 13.4. The quantitative estimate of drug-likeness (QED) is 0.126. The van der Waals surface area contributed by atoms with Crippen molar-refractivity contribution in [2.24, 2.45) is 0 Å². The summed E-state index contributed by atoms with van der Waals surface area (Å²) in [5.41, 5.74) is 2.99. The smallest absolute Gasteiger partial charge is 0.411 e. The largest absolute Gasteiger partial charge is 0.492 e. The number of carbonyl (C=O) groups is 2. The van der Waals surface area contributed by atoms with Crippen LogP contribution < -0.4 is 30.7 Å². The summed E-state index contributed by atoms with van der Waals surface area (Å²) < 4.78 is 16.6. The third kappa shape index (κ3) is 7.88. The summed E-state index contributed by atoms with van der Waals surface area (Å²) in [4.78, 5) is 34.4. The molecule has 0 aliphatic carbocycles. The number of methoxy groups -OCH3 is 2. The Morgan fingerprint density at radius 2 is 1.45 bits per heavy atom. The number of nitrogens with one attached hydrogen (secondary N) is 4. The van der Waals surface area contributed by atoms with E-state index in [4.69, 9.17) is 14.2 Å². The van der Waals surface area contributed by atoms with Gasteiger partial charge in [-0.05, 0) is 47.7 Å². The molecular weight excluding hydrogens is 596 g/mol. The van der Waals surface area contributed by atoms with Crippen molar-refractivity contribution in [1.82, 2.24) is 9.97 Å². The van der Waals surface area contributed by atoms with Crippen LogP contribution in [0.2, 0.25) is 0 Å². The number of anilines is 4. The van der Waals surface area contributed by atoms with Crippen molar-refractivity contribution in [2.75, 3.05) is 35.5 Å². The number of benzene rings is 4. The van der Waals surface area contributed by atoms with E-state index in [-0.39, 0.29) is 17.2 Å². The Balaban J connectivity index is 1.37. The first-order valence-electron chi connectivity index (χ1n) is 15.1. The van der Waals surface area contributed by atoms with E-state index in [0.29, 0.717) is 34.6 Å². The molecule has 0 saturated carbocycles. The van der Waals surface area contributed by atoms with Gasteiger partial charge in [0.1, 0.15) is 5.75 Å². The van der Waals surface area contributed by atoms with E-state index in [1.54, 1.807) is 30.5 Å². The monoisotopic (exact) mass is 634 g/mol. The summed E-state index contributed by atoms with van der Waals surface area (Å²) in [5.74, 6) is 1.65. The second kappa shape index (κ2) is 14.1. The molecule has 4 N–H and O–H groups in total. The zero-order valence-corrected chi connectivity index (χ0v) is 27.2. The fourth-order valence-corrected chi connectivity index (χ4v) is 4.97. The van der Waals surface area contributed by atoms with E-state index in [1.165, 1.54) is 14.2 Å². The van der Waals surface area contributed by atoms with Crippen LogP contribution in [-0.4, -0.2) is 36.3 Å². The summed E-state index contributed by atoms with van der Waals surface area (Å²) in [5, 5.41) is 13.3. The molecule has 1 aromatic heterocycles. The minimum Gasteiger partial charge on any atom is -0.492 e. The molecule has 1 atom stereocenters. The van der Waals surface area contributed by atoms with E-state index < -0.39 is 12.1 Å². The highest BCUT2D eigenvalue weighted by Gasteiger charge is 2.22. The van der Waals surface area contributed by atoms with Gasteiger partial charge < -0.3 is 30.2 Å². The number of carbonyl (C=O) groups excluding carboxylic acids is 2. The summed E-state index contributed by atoms with van der Waals surface area (Å²) in [6.07, 6.45) is 0.981. The average molecular weight is 635 g/mol. The van der Waals surface area contributed by atoms with Gasteiger partial charge in [0.25, 0.3) is 0 Å². The van der Waals surface area contributed by atoms with Crippen LogP contribution in [0.15, 0.2) is 91.1 Å². The Hall–Kier alpha value is -5.84. The highest BCUT2D eigenvalue weighted by atomic mass is 16.5. The lowest BCUT2D eigenvalue weighted by Gasteiger charge is -2.24. The Morgan fingerprint density at radius 1 is 0.787 bits per heavy atom. The van der Waals surface area contributed by atoms with E-state index in [9.17, 15) is 9.59 Å². The van der Waals surface area contributed by atoms with Gasteiger partial charge in [0.05, 0.1) is 37.3 Å². The average Bonchev–Trinajstić information content (AvgIpc) is 3.06. The zero-order valence-electron chi connectivity index (χ0n) is 27.2. The van der Waals surface area contributed by atoms with Gasteiger partial charge in [0.2, 0.25) is 11.8 Å². The van der Waals surface area contributed by atoms with Crippen molar-refractivity contribution in [3.63, 3.8) is 0 Å². The third-order valence-electron chi connectivity index (χ3n) is 7.45. The number of hydrogen-bond acceptors (Lipinski definition) is 8. The summed E-state index contributed by atoms with van der Waals surface area (Å²) in [6.45, 7) is 8.12. The van der Waals surface area contributed by atoms with Crippen LogP contribution in [0.3, 0.4) is 0 Å². The standard InChI is InChI=1S/C36H38N6O5/c1-22(23-12-8-7-9-13-23)38-33-37-19-18-31(42-33)47-30-17-16-27(25-14-10-11-15-26(25)30)39-34(43)40-28-20-24(36(2,3)4)21-29(32(28)45-5)41-35(44)46-6/h7-22H,1-6H3,(H,41,44)(H,37,38,42)(H2,39,40,43)/t22-/m1/s1. The Morgan fingerprint density at radius 3 is 2.13 bits per heavy atom. The minimum atomic E-state index is -0.658. The van der Waals surface area contributed by atoms with Gasteiger partial charge in [-0.15, -0.1) is 0 Å². The van der Waals surface area contributed by atoms with Gasteiger partial charge in [-0.2, -0.15) is 4.98 Å². The normalized spacial score (nSPS) is 11.7. The van der Waals surface area contributed by atoms with Gasteiger partial charge in [-0.25, -0.2) is 14.6 Å². The van der Waals surface area contributed by atoms with Crippen LogP contribution in [0.4, 0.5) is 32.6 Å². The number of fused-ring (bicyclic) bond motifs is 1. The van der Waals surface area contributed by atoms with Gasteiger partial charge in [-0.1, -0.05) is 75.4 Å². The Labute approximate surface area is 273 Å². The second-order valence-electron chi connectivity index (χ2n) is 11.8. The molecule has 0 radical (unpaired) electrons. The molecule has 242 valence electrons. The molecule has 0 spiro atoms. The fourth-order valence-electron chi connectivity index (χ4n) is 4.97. The van der Waals surface area contributed by atoms with Crippen LogP contribution in [-0.2, 0) is 10.2 Å². The maximum Gasteiger partial charge on any atom is 0.411 e. The highest BCUT2D eigenvalue weighted by Crippen LogP contribution is 2.39. The molecule has 5 aromatic rings.